The van der Waals surface area contributed by atoms with Crippen LogP contribution in [-0.2, 0) is 4.74 Å². The zero-order valence-electron chi connectivity index (χ0n) is 15.1. The fourth-order valence-corrected chi connectivity index (χ4v) is 2.98. The Balaban J connectivity index is 1.80. The lowest BCUT2D eigenvalue weighted by molar-refractivity contribution is 0.0281. The van der Waals surface area contributed by atoms with Gasteiger partial charge in [-0.2, -0.15) is 0 Å². The minimum Gasteiger partial charge on any atom is -0.493 e. The Bertz CT molecular complexity index is 734. The summed E-state index contributed by atoms with van der Waals surface area (Å²) in [4.78, 5) is 18.1. The monoisotopic (exact) mass is 344 g/mol. The molecule has 0 radical (unpaired) electrons. The fourth-order valence-electron chi connectivity index (χ4n) is 2.98. The number of carbonyl (C=O) groups is 1. The predicted molar refractivity (Wildman–Crippen MR) is 93.7 cm³/mol. The second-order valence-corrected chi connectivity index (χ2v) is 7.29. The van der Waals surface area contributed by atoms with E-state index in [4.69, 9.17) is 13.9 Å². The van der Waals surface area contributed by atoms with Gasteiger partial charge in [0.05, 0.1) is 6.61 Å². The van der Waals surface area contributed by atoms with Crippen LogP contribution >= 0.6 is 0 Å². The van der Waals surface area contributed by atoms with E-state index in [-0.39, 0.29) is 12.0 Å². The molecular formula is C19H24N2O4. The Kier molecular flexibility index (Phi) is 4.70. The predicted octanol–water partition coefficient (Wildman–Crippen LogP) is 4.07. The van der Waals surface area contributed by atoms with Crippen molar-refractivity contribution in [3.63, 3.8) is 0 Å². The second kappa shape index (κ2) is 6.78. The van der Waals surface area contributed by atoms with Crippen molar-refractivity contribution in [1.29, 1.82) is 0 Å². The highest BCUT2D eigenvalue weighted by molar-refractivity contribution is 5.70. The molecule has 1 aliphatic rings. The van der Waals surface area contributed by atoms with E-state index in [0.717, 1.165) is 29.0 Å². The van der Waals surface area contributed by atoms with Gasteiger partial charge in [-0.15, -0.1) is 0 Å². The summed E-state index contributed by atoms with van der Waals surface area (Å²) in [5.74, 6) is 1.01. The summed E-state index contributed by atoms with van der Waals surface area (Å²) in [6.07, 6.45) is 3.55. The number of amides is 1. The zero-order chi connectivity index (χ0) is 18.0. The van der Waals surface area contributed by atoms with Crippen LogP contribution in [0.15, 0.2) is 35.3 Å². The lowest BCUT2D eigenvalue weighted by atomic mass is 9.90. The van der Waals surface area contributed by atoms with E-state index in [1.54, 1.807) is 18.2 Å². The number of hydrogen-bond acceptors (Lipinski definition) is 5. The van der Waals surface area contributed by atoms with E-state index < -0.39 is 5.60 Å². The summed E-state index contributed by atoms with van der Waals surface area (Å²) in [5.41, 5.74) is 2.25. The van der Waals surface area contributed by atoms with Crippen LogP contribution in [0.4, 0.5) is 4.79 Å². The number of nitrogens with zero attached hydrogens (tertiary/aromatic N) is 2. The van der Waals surface area contributed by atoms with Crippen LogP contribution in [0, 0.1) is 0 Å². The van der Waals surface area contributed by atoms with Crippen molar-refractivity contribution in [3.05, 3.63) is 36.4 Å². The third-order valence-electron chi connectivity index (χ3n) is 4.11. The van der Waals surface area contributed by atoms with Crippen molar-refractivity contribution in [2.75, 3.05) is 20.2 Å². The van der Waals surface area contributed by atoms with Crippen LogP contribution in [-0.4, -0.2) is 41.8 Å². The van der Waals surface area contributed by atoms with Gasteiger partial charge in [0.2, 0.25) is 0 Å². The summed E-state index contributed by atoms with van der Waals surface area (Å²) in [7, 11) is 1.77. The second-order valence-electron chi connectivity index (χ2n) is 7.29. The SMILES string of the molecule is CN(C[C@@H]1CCOc2c(-c3cocn3)cccc21)C(=O)OC(C)(C)C. The number of aromatic nitrogens is 1. The molecular weight excluding hydrogens is 320 g/mol. The maximum atomic E-state index is 12.2. The third-order valence-corrected chi connectivity index (χ3v) is 4.11. The van der Waals surface area contributed by atoms with Gasteiger partial charge >= 0.3 is 6.09 Å². The van der Waals surface area contributed by atoms with E-state index in [1.165, 1.54) is 6.39 Å². The van der Waals surface area contributed by atoms with Gasteiger partial charge in [-0.3, -0.25) is 0 Å². The summed E-state index contributed by atoms with van der Waals surface area (Å²) >= 11 is 0. The molecule has 6 heteroatoms. The number of benzene rings is 1. The molecule has 0 aliphatic carbocycles. The summed E-state index contributed by atoms with van der Waals surface area (Å²) in [6, 6.07) is 6.00. The van der Waals surface area contributed by atoms with Gasteiger partial charge in [-0.1, -0.05) is 12.1 Å². The van der Waals surface area contributed by atoms with Crippen molar-refractivity contribution in [3.8, 4) is 17.0 Å². The number of oxazole rings is 1. The summed E-state index contributed by atoms with van der Waals surface area (Å²) < 4.78 is 16.5. The van der Waals surface area contributed by atoms with Gasteiger partial charge < -0.3 is 18.8 Å². The van der Waals surface area contributed by atoms with E-state index >= 15 is 0 Å². The molecule has 2 aromatic rings. The van der Waals surface area contributed by atoms with Crippen LogP contribution in [0.5, 0.6) is 5.75 Å². The highest BCUT2D eigenvalue weighted by atomic mass is 16.6. The average Bonchev–Trinajstić information content (AvgIpc) is 3.07. The smallest absolute Gasteiger partial charge is 0.410 e. The van der Waals surface area contributed by atoms with Gasteiger partial charge in [0.25, 0.3) is 0 Å². The Hall–Kier alpha value is -2.50. The average molecular weight is 344 g/mol. The quantitative estimate of drug-likeness (QED) is 0.839. The molecule has 1 amide bonds. The topological polar surface area (TPSA) is 64.8 Å². The molecule has 1 aromatic heterocycles. The van der Waals surface area contributed by atoms with E-state index in [0.29, 0.717) is 13.2 Å². The molecule has 0 bridgehead atoms. The van der Waals surface area contributed by atoms with Crippen molar-refractivity contribution in [1.82, 2.24) is 9.88 Å². The first-order valence-corrected chi connectivity index (χ1v) is 8.43. The van der Waals surface area contributed by atoms with E-state index in [2.05, 4.69) is 4.98 Å². The molecule has 1 atom stereocenters. The first-order valence-electron chi connectivity index (χ1n) is 8.43. The molecule has 134 valence electrons. The number of fused-ring (bicyclic) bond motifs is 1. The minimum absolute atomic E-state index is 0.188. The van der Waals surface area contributed by atoms with Crippen molar-refractivity contribution in [2.24, 2.45) is 0 Å². The summed E-state index contributed by atoms with van der Waals surface area (Å²) in [5, 5.41) is 0. The fraction of sp³-hybridized carbons (Fsp3) is 0.474. The molecule has 3 rings (SSSR count). The van der Waals surface area contributed by atoms with Crippen LogP contribution < -0.4 is 4.74 Å². The maximum Gasteiger partial charge on any atom is 0.410 e. The molecule has 0 unspecified atom stereocenters. The molecule has 2 heterocycles. The minimum atomic E-state index is -0.501. The highest BCUT2D eigenvalue weighted by Gasteiger charge is 2.28. The van der Waals surface area contributed by atoms with Crippen molar-refractivity contribution < 1.29 is 18.7 Å². The van der Waals surface area contributed by atoms with Gasteiger partial charge in [-0.05, 0) is 38.8 Å². The molecule has 0 spiro atoms. The largest absolute Gasteiger partial charge is 0.493 e. The standard InChI is InChI=1S/C19H24N2O4/c1-19(2,3)25-18(22)21(4)10-13-8-9-24-17-14(13)6-5-7-15(17)16-11-23-12-20-16/h5-7,11-13H,8-10H2,1-4H3/t13-/m0/s1. The molecule has 0 saturated heterocycles. The number of ether oxygens (including phenoxy) is 2. The van der Waals surface area contributed by atoms with Gasteiger partial charge in [0.1, 0.15) is 23.3 Å². The van der Waals surface area contributed by atoms with Gasteiger partial charge in [0, 0.05) is 25.1 Å². The molecule has 6 nitrogen and oxygen atoms in total. The lowest BCUT2D eigenvalue weighted by Gasteiger charge is -2.31. The molecule has 0 N–H and O–H groups in total. The number of carbonyl (C=O) groups excluding carboxylic acids is 1. The number of para-hydroxylation sites is 1. The molecule has 25 heavy (non-hydrogen) atoms. The first kappa shape index (κ1) is 17.3. The molecule has 0 fully saturated rings. The lowest BCUT2D eigenvalue weighted by Crippen LogP contribution is -2.37. The van der Waals surface area contributed by atoms with E-state index in [1.807, 2.05) is 39.0 Å². The number of likely N-dealkylation sites (N-methyl/N-ethyl adjacent to an activating group) is 1. The zero-order valence-corrected chi connectivity index (χ0v) is 15.1. The normalized spacial score (nSPS) is 16.7. The Labute approximate surface area is 147 Å². The van der Waals surface area contributed by atoms with Crippen LogP contribution in [0.25, 0.3) is 11.3 Å². The van der Waals surface area contributed by atoms with Gasteiger partial charge in [-0.25, -0.2) is 9.78 Å². The number of hydrogen-bond donors (Lipinski definition) is 0. The first-order chi connectivity index (χ1) is 11.8. The van der Waals surface area contributed by atoms with Gasteiger partial charge in [0.15, 0.2) is 6.39 Å². The van der Waals surface area contributed by atoms with Crippen LogP contribution in [0.3, 0.4) is 0 Å². The Morgan fingerprint density at radius 2 is 2.20 bits per heavy atom. The van der Waals surface area contributed by atoms with Crippen LogP contribution in [0.2, 0.25) is 0 Å². The maximum absolute atomic E-state index is 12.2. The van der Waals surface area contributed by atoms with Crippen molar-refractivity contribution >= 4 is 6.09 Å². The Morgan fingerprint density at radius 3 is 2.88 bits per heavy atom. The molecule has 1 aromatic carbocycles. The van der Waals surface area contributed by atoms with Crippen LogP contribution in [0.1, 0.15) is 38.7 Å². The highest BCUT2D eigenvalue weighted by Crippen LogP contribution is 2.40. The number of rotatable bonds is 3. The third kappa shape index (κ3) is 3.95. The molecule has 0 saturated carbocycles. The summed E-state index contributed by atoms with van der Waals surface area (Å²) in [6.45, 7) is 6.79. The van der Waals surface area contributed by atoms with E-state index in [9.17, 15) is 4.79 Å². The Morgan fingerprint density at radius 1 is 1.40 bits per heavy atom. The molecule has 1 aliphatic heterocycles. The van der Waals surface area contributed by atoms with Crippen molar-refractivity contribution in [2.45, 2.75) is 38.7 Å².